The van der Waals surface area contributed by atoms with E-state index in [1.807, 2.05) is 38.1 Å². The maximum absolute atomic E-state index is 9.50. The molecule has 3 heteroatoms. The van der Waals surface area contributed by atoms with Crippen LogP contribution in [0.4, 0.5) is 5.69 Å². The molecule has 2 N–H and O–H groups in total. The van der Waals surface area contributed by atoms with E-state index in [0.717, 1.165) is 17.5 Å². The fourth-order valence-corrected chi connectivity index (χ4v) is 0.781. The first-order valence-electron chi connectivity index (χ1n) is 4.88. The van der Waals surface area contributed by atoms with Crippen LogP contribution < -0.4 is 5.73 Å². The molecule has 0 aliphatic carbocycles. The number of nitrogen functional groups attached to an aromatic ring is 1. The fraction of sp³-hybridized carbons (Fsp3) is 0.417. The summed E-state index contributed by atoms with van der Waals surface area (Å²) >= 11 is 0. The Hall–Kier alpha value is -1.35. The molecule has 1 aromatic rings. The van der Waals surface area contributed by atoms with Gasteiger partial charge in [-0.1, -0.05) is 26.0 Å². The molecule has 15 heavy (non-hydrogen) atoms. The molecule has 0 bridgehead atoms. The fourth-order valence-electron chi connectivity index (χ4n) is 0.781. The molecule has 0 saturated carbocycles. The number of aldehydes is 1. The van der Waals surface area contributed by atoms with Crippen LogP contribution in [0.2, 0.25) is 0 Å². The van der Waals surface area contributed by atoms with Crippen LogP contribution in [0.3, 0.4) is 0 Å². The number of benzene rings is 1. The van der Waals surface area contributed by atoms with E-state index >= 15 is 0 Å². The Kier molecular flexibility index (Phi) is 7.28. The van der Waals surface area contributed by atoms with E-state index in [1.54, 1.807) is 7.11 Å². The summed E-state index contributed by atoms with van der Waals surface area (Å²) in [5.74, 6) is 0.204. The highest BCUT2D eigenvalue weighted by Crippen LogP contribution is 2.05. The van der Waals surface area contributed by atoms with E-state index < -0.39 is 0 Å². The molecule has 0 fully saturated rings. The predicted molar refractivity (Wildman–Crippen MR) is 62.5 cm³/mol. The van der Waals surface area contributed by atoms with Crippen molar-refractivity contribution in [3.63, 3.8) is 0 Å². The van der Waals surface area contributed by atoms with E-state index in [0.29, 0.717) is 6.61 Å². The summed E-state index contributed by atoms with van der Waals surface area (Å²) in [4.78, 5) is 9.50. The normalized spacial score (nSPS) is 9.33. The Morgan fingerprint density at radius 1 is 1.33 bits per heavy atom. The maximum Gasteiger partial charge on any atom is 0.122 e. The molecule has 3 nitrogen and oxygen atoms in total. The van der Waals surface area contributed by atoms with Gasteiger partial charge < -0.3 is 15.3 Å². The monoisotopic (exact) mass is 209 g/mol. The Balaban J connectivity index is 0.000000336. The van der Waals surface area contributed by atoms with Crippen LogP contribution in [0.15, 0.2) is 24.3 Å². The molecular formula is C12H19NO2. The van der Waals surface area contributed by atoms with Crippen molar-refractivity contribution in [2.75, 3.05) is 12.8 Å². The highest BCUT2D eigenvalue weighted by Gasteiger charge is 1.88. The minimum absolute atomic E-state index is 0.204. The summed E-state index contributed by atoms with van der Waals surface area (Å²) in [7, 11) is 1.68. The molecule has 0 unspecified atom stereocenters. The van der Waals surface area contributed by atoms with Crippen molar-refractivity contribution in [1.29, 1.82) is 0 Å². The Bertz CT molecular complexity index is 267. The number of anilines is 1. The number of rotatable bonds is 3. The molecule has 1 rings (SSSR count). The molecule has 0 spiro atoms. The first-order valence-corrected chi connectivity index (χ1v) is 4.88. The third-order valence-corrected chi connectivity index (χ3v) is 1.56. The molecular weight excluding hydrogens is 190 g/mol. The van der Waals surface area contributed by atoms with Crippen molar-refractivity contribution >= 4 is 12.0 Å². The molecule has 0 amide bonds. The van der Waals surface area contributed by atoms with Crippen LogP contribution in [-0.4, -0.2) is 13.4 Å². The van der Waals surface area contributed by atoms with Crippen molar-refractivity contribution in [1.82, 2.24) is 0 Å². The van der Waals surface area contributed by atoms with E-state index in [9.17, 15) is 4.79 Å². The molecule has 0 atom stereocenters. The molecule has 1 aromatic carbocycles. The van der Waals surface area contributed by atoms with Gasteiger partial charge in [0.2, 0.25) is 0 Å². The van der Waals surface area contributed by atoms with Gasteiger partial charge in [-0.25, -0.2) is 0 Å². The molecule has 0 aromatic heterocycles. The number of hydrogen-bond acceptors (Lipinski definition) is 3. The van der Waals surface area contributed by atoms with Gasteiger partial charge >= 0.3 is 0 Å². The molecule has 0 radical (unpaired) electrons. The second-order valence-corrected chi connectivity index (χ2v) is 3.55. The first-order chi connectivity index (χ1) is 7.10. The van der Waals surface area contributed by atoms with Crippen molar-refractivity contribution in [2.24, 2.45) is 5.92 Å². The third-order valence-electron chi connectivity index (χ3n) is 1.56. The average molecular weight is 209 g/mol. The summed E-state index contributed by atoms with van der Waals surface area (Å²) < 4.78 is 4.93. The standard InChI is InChI=1S/C8H11NO.C4H8O/c1-10-6-7-2-4-8(9)5-3-7;1-4(2)3-5/h2-5H,6,9H2,1H3;3-4H,1-2H3. The SMILES string of the molecule is CC(C)C=O.COCc1ccc(N)cc1. The minimum Gasteiger partial charge on any atom is -0.399 e. The predicted octanol–water partition coefficient (Wildman–Crippen LogP) is 2.26. The maximum atomic E-state index is 9.50. The van der Waals surface area contributed by atoms with Gasteiger partial charge in [0.15, 0.2) is 0 Å². The van der Waals surface area contributed by atoms with Gasteiger partial charge in [-0.3, -0.25) is 0 Å². The van der Waals surface area contributed by atoms with Gasteiger partial charge in [-0.05, 0) is 17.7 Å². The molecule has 0 heterocycles. The first kappa shape index (κ1) is 13.7. The van der Waals surface area contributed by atoms with E-state index in [-0.39, 0.29) is 5.92 Å². The zero-order chi connectivity index (χ0) is 11.7. The third kappa shape index (κ3) is 7.70. The number of carbonyl (C=O) groups excluding carboxylic acids is 1. The summed E-state index contributed by atoms with van der Waals surface area (Å²) in [5, 5.41) is 0. The zero-order valence-electron chi connectivity index (χ0n) is 9.57. The number of methoxy groups -OCH3 is 1. The Labute approximate surface area is 91.2 Å². The number of nitrogens with two attached hydrogens (primary N) is 1. The van der Waals surface area contributed by atoms with Gasteiger partial charge in [0, 0.05) is 18.7 Å². The molecule has 0 saturated heterocycles. The lowest BCUT2D eigenvalue weighted by Crippen LogP contribution is -1.88. The lowest BCUT2D eigenvalue weighted by molar-refractivity contribution is -0.110. The molecule has 0 aliphatic rings. The van der Waals surface area contributed by atoms with E-state index in [2.05, 4.69) is 0 Å². The van der Waals surface area contributed by atoms with Gasteiger partial charge in [0.05, 0.1) is 6.61 Å². The summed E-state index contributed by atoms with van der Waals surface area (Å²) in [6.07, 6.45) is 0.917. The van der Waals surface area contributed by atoms with Crippen molar-refractivity contribution in [2.45, 2.75) is 20.5 Å². The summed E-state index contributed by atoms with van der Waals surface area (Å²) in [5.41, 5.74) is 7.42. The summed E-state index contributed by atoms with van der Waals surface area (Å²) in [6, 6.07) is 7.65. The number of hydrogen-bond donors (Lipinski definition) is 1. The zero-order valence-corrected chi connectivity index (χ0v) is 9.57. The Morgan fingerprint density at radius 3 is 2.13 bits per heavy atom. The van der Waals surface area contributed by atoms with Gasteiger partial charge in [-0.2, -0.15) is 0 Å². The number of ether oxygens (including phenoxy) is 1. The van der Waals surface area contributed by atoms with Crippen molar-refractivity contribution in [3.8, 4) is 0 Å². The van der Waals surface area contributed by atoms with Gasteiger partial charge in [-0.15, -0.1) is 0 Å². The molecule has 0 aliphatic heterocycles. The minimum atomic E-state index is 0.204. The highest BCUT2D eigenvalue weighted by atomic mass is 16.5. The number of carbonyl (C=O) groups is 1. The van der Waals surface area contributed by atoms with Crippen LogP contribution >= 0.6 is 0 Å². The lowest BCUT2D eigenvalue weighted by Gasteiger charge is -1.98. The van der Waals surface area contributed by atoms with Crippen LogP contribution in [0.1, 0.15) is 19.4 Å². The topological polar surface area (TPSA) is 52.3 Å². The molecule has 84 valence electrons. The van der Waals surface area contributed by atoms with Crippen molar-refractivity contribution in [3.05, 3.63) is 29.8 Å². The van der Waals surface area contributed by atoms with Crippen LogP contribution in [0.5, 0.6) is 0 Å². The average Bonchev–Trinajstić information content (AvgIpc) is 2.23. The quantitative estimate of drug-likeness (QED) is 0.613. The van der Waals surface area contributed by atoms with E-state index in [1.165, 1.54) is 0 Å². The largest absolute Gasteiger partial charge is 0.399 e. The van der Waals surface area contributed by atoms with Crippen LogP contribution in [0, 0.1) is 5.92 Å². The second kappa shape index (κ2) is 8.00. The van der Waals surface area contributed by atoms with Crippen LogP contribution in [0.25, 0.3) is 0 Å². The highest BCUT2D eigenvalue weighted by molar-refractivity contribution is 5.51. The Morgan fingerprint density at radius 2 is 1.80 bits per heavy atom. The second-order valence-electron chi connectivity index (χ2n) is 3.55. The van der Waals surface area contributed by atoms with Crippen LogP contribution in [-0.2, 0) is 16.1 Å². The van der Waals surface area contributed by atoms with E-state index in [4.69, 9.17) is 10.5 Å². The van der Waals surface area contributed by atoms with Crippen molar-refractivity contribution < 1.29 is 9.53 Å². The summed E-state index contributed by atoms with van der Waals surface area (Å²) in [6.45, 7) is 4.36. The van der Waals surface area contributed by atoms with Gasteiger partial charge in [0.25, 0.3) is 0 Å². The lowest BCUT2D eigenvalue weighted by atomic mass is 10.2. The smallest absolute Gasteiger partial charge is 0.122 e. The van der Waals surface area contributed by atoms with Gasteiger partial charge in [0.1, 0.15) is 6.29 Å².